The van der Waals surface area contributed by atoms with E-state index in [0.717, 1.165) is 24.7 Å². The normalized spacial score (nSPS) is 21.1. The van der Waals surface area contributed by atoms with E-state index >= 15 is 0 Å². The van der Waals surface area contributed by atoms with E-state index in [0.29, 0.717) is 30.6 Å². The molecule has 2 aliphatic rings. The average Bonchev–Trinajstić information content (AvgIpc) is 3.43. The van der Waals surface area contributed by atoms with Crippen molar-refractivity contribution in [2.24, 2.45) is 11.8 Å². The summed E-state index contributed by atoms with van der Waals surface area (Å²) >= 11 is 0. The molecule has 0 saturated carbocycles. The highest BCUT2D eigenvalue weighted by Gasteiger charge is 2.42. The van der Waals surface area contributed by atoms with Crippen LogP contribution in [0.3, 0.4) is 0 Å². The lowest BCUT2D eigenvalue weighted by atomic mass is 10.0. The SMILES string of the molecule is O=C(c1cccc(=O)[nH]1)N1CC2CN(c3cc(-n4cccn4)ncn3)CC2C1. The Labute approximate surface area is 160 Å². The third-order valence-corrected chi connectivity index (χ3v) is 5.47. The van der Waals surface area contributed by atoms with Gasteiger partial charge in [-0.3, -0.25) is 9.59 Å². The van der Waals surface area contributed by atoms with Crippen LogP contribution in [0.1, 0.15) is 10.5 Å². The van der Waals surface area contributed by atoms with Crippen LogP contribution in [0.5, 0.6) is 0 Å². The van der Waals surface area contributed by atoms with Crippen molar-refractivity contribution in [1.82, 2.24) is 29.6 Å². The number of rotatable bonds is 3. The Morgan fingerprint density at radius 2 is 1.82 bits per heavy atom. The van der Waals surface area contributed by atoms with Crippen LogP contribution in [-0.4, -0.2) is 61.7 Å². The van der Waals surface area contributed by atoms with Crippen LogP contribution < -0.4 is 10.5 Å². The highest BCUT2D eigenvalue weighted by molar-refractivity contribution is 5.92. The maximum absolute atomic E-state index is 12.7. The number of likely N-dealkylation sites (tertiary alicyclic amines) is 1. The Morgan fingerprint density at radius 1 is 1.04 bits per heavy atom. The Morgan fingerprint density at radius 3 is 2.54 bits per heavy atom. The van der Waals surface area contributed by atoms with E-state index in [1.807, 2.05) is 23.2 Å². The van der Waals surface area contributed by atoms with E-state index in [-0.39, 0.29) is 11.5 Å². The average molecular weight is 377 g/mol. The van der Waals surface area contributed by atoms with Crippen molar-refractivity contribution >= 4 is 11.7 Å². The van der Waals surface area contributed by atoms with Crippen LogP contribution >= 0.6 is 0 Å². The Balaban J connectivity index is 1.28. The first-order valence-electron chi connectivity index (χ1n) is 9.23. The number of aromatic amines is 1. The molecule has 0 aromatic carbocycles. The third kappa shape index (κ3) is 2.94. The molecule has 9 nitrogen and oxygen atoms in total. The molecular weight excluding hydrogens is 358 g/mol. The van der Waals surface area contributed by atoms with E-state index in [2.05, 4.69) is 25.0 Å². The van der Waals surface area contributed by atoms with E-state index in [9.17, 15) is 9.59 Å². The number of fused-ring (bicyclic) bond motifs is 1. The largest absolute Gasteiger partial charge is 0.356 e. The van der Waals surface area contributed by atoms with Crippen molar-refractivity contribution in [2.75, 3.05) is 31.1 Å². The molecule has 0 bridgehead atoms. The molecular formula is C19H19N7O2. The fraction of sp³-hybridized carbons (Fsp3) is 0.316. The number of hydrogen-bond acceptors (Lipinski definition) is 6. The van der Waals surface area contributed by atoms with Crippen LogP contribution in [-0.2, 0) is 0 Å². The van der Waals surface area contributed by atoms with Gasteiger partial charge in [-0.2, -0.15) is 5.10 Å². The van der Waals surface area contributed by atoms with Crippen LogP contribution in [0.15, 0.2) is 53.8 Å². The van der Waals surface area contributed by atoms with Gasteiger partial charge in [0.1, 0.15) is 17.8 Å². The van der Waals surface area contributed by atoms with Gasteiger partial charge < -0.3 is 14.8 Å². The first kappa shape index (κ1) is 16.7. The predicted molar refractivity (Wildman–Crippen MR) is 101 cm³/mol. The fourth-order valence-electron chi connectivity index (χ4n) is 4.13. The minimum absolute atomic E-state index is 0.110. The molecule has 2 saturated heterocycles. The van der Waals surface area contributed by atoms with Crippen molar-refractivity contribution in [1.29, 1.82) is 0 Å². The first-order valence-corrected chi connectivity index (χ1v) is 9.23. The van der Waals surface area contributed by atoms with Gasteiger partial charge in [-0.25, -0.2) is 14.6 Å². The zero-order valence-electron chi connectivity index (χ0n) is 15.1. The number of carbonyl (C=O) groups excluding carboxylic acids is 1. The quantitative estimate of drug-likeness (QED) is 0.716. The van der Waals surface area contributed by atoms with Gasteiger partial charge >= 0.3 is 0 Å². The van der Waals surface area contributed by atoms with Gasteiger partial charge in [0, 0.05) is 62.5 Å². The smallest absolute Gasteiger partial charge is 0.270 e. The van der Waals surface area contributed by atoms with Crippen molar-refractivity contribution < 1.29 is 4.79 Å². The van der Waals surface area contributed by atoms with E-state index in [1.54, 1.807) is 29.3 Å². The molecule has 5 rings (SSSR count). The summed E-state index contributed by atoms with van der Waals surface area (Å²) in [6.07, 6.45) is 5.12. The molecule has 2 atom stereocenters. The van der Waals surface area contributed by atoms with Crippen molar-refractivity contribution in [2.45, 2.75) is 0 Å². The molecule has 5 heterocycles. The molecule has 1 N–H and O–H groups in total. The Bertz CT molecular complexity index is 1050. The van der Waals surface area contributed by atoms with Crippen molar-refractivity contribution in [3.8, 4) is 5.82 Å². The number of anilines is 1. The van der Waals surface area contributed by atoms with Gasteiger partial charge in [-0.15, -0.1) is 0 Å². The number of carbonyl (C=O) groups is 1. The molecule has 2 aliphatic heterocycles. The standard InChI is InChI=1S/C19H19N7O2/c27-18-4-1-3-15(23-18)19(28)25-10-13-8-24(9-14(13)11-25)16-7-17(21-12-20-16)26-6-2-5-22-26/h1-7,12-14H,8-11H2,(H,23,27). The zero-order chi connectivity index (χ0) is 19.1. The van der Waals surface area contributed by atoms with Crippen LogP contribution in [0.2, 0.25) is 0 Å². The van der Waals surface area contributed by atoms with E-state index in [4.69, 9.17) is 0 Å². The minimum atomic E-state index is -0.256. The monoisotopic (exact) mass is 377 g/mol. The van der Waals surface area contributed by atoms with Crippen molar-refractivity contribution in [3.05, 3.63) is 65.1 Å². The molecule has 142 valence electrons. The number of amides is 1. The lowest BCUT2D eigenvalue weighted by molar-refractivity contribution is 0.0776. The molecule has 0 radical (unpaired) electrons. The second kappa shape index (κ2) is 6.59. The molecule has 2 unspecified atom stereocenters. The zero-order valence-corrected chi connectivity index (χ0v) is 15.1. The van der Waals surface area contributed by atoms with Crippen LogP contribution in [0.4, 0.5) is 5.82 Å². The lowest BCUT2D eigenvalue weighted by Gasteiger charge is -2.22. The van der Waals surface area contributed by atoms with Crippen molar-refractivity contribution in [3.63, 3.8) is 0 Å². The summed E-state index contributed by atoms with van der Waals surface area (Å²) < 4.78 is 1.71. The van der Waals surface area contributed by atoms with E-state index in [1.165, 1.54) is 6.07 Å². The molecule has 3 aromatic heterocycles. The minimum Gasteiger partial charge on any atom is -0.356 e. The number of aromatic nitrogens is 5. The molecule has 2 fully saturated rings. The van der Waals surface area contributed by atoms with Gasteiger partial charge in [0.25, 0.3) is 5.91 Å². The molecule has 3 aromatic rings. The second-order valence-corrected chi connectivity index (χ2v) is 7.25. The first-order chi connectivity index (χ1) is 13.7. The number of pyridine rings is 1. The number of H-pyrrole nitrogens is 1. The topological polar surface area (TPSA) is 100 Å². The molecule has 9 heteroatoms. The second-order valence-electron chi connectivity index (χ2n) is 7.25. The maximum atomic E-state index is 12.7. The molecule has 1 amide bonds. The third-order valence-electron chi connectivity index (χ3n) is 5.47. The summed E-state index contributed by atoms with van der Waals surface area (Å²) in [4.78, 5) is 39.6. The summed E-state index contributed by atoms with van der Waals surface area (Å²) in [6.45, 7) is 3.06. The highest BCUT2D eigenvalue weighted by atomic mass is 16.2. The summed E-state index contributed by atoms with van der Waals surface area (Å²) in [5.74, 6) is 2.28. The van der Waals surface area contributed by atoms with Gasteiger partial charge in [0.15, 0.2) is 5.82 Å². The Hall–Kier alpha value is -3.49. The van der Waals surface area contributed by atoms with Gasteiger partial charge in [-0.1, -0.05) is 6.07 Å². The summed E-state index contributed by atoms with van der Waals surface area (Å²) in [5.41, 5.74) is 0.0946. The molecule has 0 spiro atoms. The molecule has 28 heavy (non-hydrogen) atoms. The summed E-state index contributed by atoms with van der Waals surface area (Å²) in [5, 5.41) is 4.21. The maximum Gasteiger partial charge on any atom is 0.270 e. The Kier molecular flexibility index (Phi) is 3.92. The predicted octanol–water partition coefficient (Wildman–Crippen LogP) is 0.559. The van der Waals surface area contributed by atoms with E-state index < -0.39 is 0 Å². The van der Waals surface area contributed by atoms with Gasteiger partial charge in [-0.05, 0) is 12.1 Å². The lowest BCUT2D eigenvalue weighted by Crippen LogP contribution is -2.34. The highest BCUT2D eigenvalue weighted by Crippen LogP contribution is 2.33. The summed E-state index contributed by atoms with van der Waals surface area (Å²) in [7, 11) is 0. The number of nitrogens with zero attached hydrogens (tertiary/aromatic N) is 6. The number of nitrogens with one attached hydrogen (secondary N) is 1. The van der Waals surface area contributed by atoms with Gasteiger partial charge in [0.05, 0.1) is 0 Å². The molecule has 0 aliphatic carbocycles. The van der Waals surface area contributed by atoms with Crippen LogP contribution in [0.25, 0.3) is 5.82 Å². The van der Waals surface area contributed by atoms with Crippen LogP contribution in [0, 0.1) is 11.8 Å². The van der Waals surface area contributed by atoms with Gasteiger partial charge in [0.2, 0.25) is 5.56 Å². The summed E-state index contributed by atoms with van der Waals surface area (Å²) in [6, 6.07) is 8.46. The fourth-order valence-corrected chi connectivity index (χ4v) is 4.13. The number of hydrogen-bond donors (Lipinski definition) is 1.